The van der Waals surface area contributed by atoms with Crippen molar-refractivity contribution in [2.75, 3.05) is 13.7 Å². The summed E-state index contributed by atoms with van der Waals surface area (Å²) in [6.45, 7) is 4.98. The van der Waals surface area contributed by atoms with Crippen LogP contribution in [0.2, 0.25) is 0 Å². The molecule has 1 aliphatic carbocycles. The van der Waals surface area contributed by atoms with E-state index in [1.54, 1.807) is 20.8 Å². The van der Waals surface area contributed by atoms with Gasteiger partial charge in [-0.3, -0.25) is 4.79 Å². The van der Waals surface area contributed by atoms with E-state index in [9.17, 15) is 14.4 Å². The molecule has 0 bridgehead atoms. The molecule has 7 nitrogen and oxygen atoms in total. The summed E-state index contributed by atoms with van der Waals surface area (Å²) >= 11 is 0. The number of nitrogens with one attached hydrogen (secondary N) is 2. The minimum absolute atomic E-state index is 0.0849. The number of carbonyl (C=O) groups is 3. The summed E-state index contributed by atoms with van der Waals surface area (Å²) in [6.07, 6.45) is 4.35. The Morgan fingerprint density at radius 3 is 2.26 bits per heavy atom. The number of hydrogen-bond donors (Lipinski definition) is 2. The van der Waals surface area contributed by atoms with Crippen molar-refractivity contribution in [2.45, 2.75) is 64.5 Å². The third-order valence-corrected chi connectivity index (χ3v) is 3.69. The summed E-state index contributed by atoms with van der Waals surface area (Å²) in [5, 5.41) is 5.05. The van der Waals surface area contributed by atoms with Gasteiger partial charge in [0.05, 0.1) is 7.11 Å². The van der Waals surface area contributed by atoms with Crippen molar-refractivity contribution < 1.29 is 23.9 Å². The molecule has 0 aliphatic heterocycles. The normalized spacial score (nSPS) is 17.0. The molecule has 23 heavy (non-hydrogen) atoms. The molecule has 1 fully saturated rings. The summed E-state index contributed by atoms with van der Waals surface area (Å²) in [6, 6.07) is -0.659. The molecule has 1 saturated carbocycles. The lowest BCUT2D eigenvalue weighted by molar-refractivity contribution is -0.147. The van der Waals surface area contributed by atoms with Gasteiger partial charge in [-0.15, -0.1) is 0 Å². The van der Waals surface area contributed by atoms with E-state index in [4.69, 9.17) is 9.47 Å². The van der Waals surface area contributed by atoms with E-state index in [1.807, 2.05) is 0 Å². The molecule has 0 aromatic heterocycles. The first-order valence-corrected chi connectivity index (χ1v) is 8.07. The molecule has 1 aliphatic rings. The van der Waals surface area contributed by atoms with E-state index < -0.39 is 29.6 Å². The Hall–Kier alpha value is -1.79. The van der Waals surface area contributed by atoms with Crippen molar-refractivity contribution in [3.8, 4) is 0 Å². The Balaban J connectivity index is 2.50. The Morgan fingerprint density at radius 2 is 1.74 bits per heavy atom. The highest BCUT2D eigenvalue weighted by Gasteiger charge is 2.31. The fraction of sp³-hybridized carbons (Fsp3) is 0.812. The standard InChI is InChI=1S/C16H28N2O5/c1-16(2,3)23-15(21)17-10-12(19)18-13(14(20)22-4)11-8-6-5-7-9-11/h11,13H,5-10H2,1-4H3,(H,17,21)(H,18,19). The highest BCUT2D eigenvalue weighted by molar-refractivity contribution is 5.87. The maximum Gasteiger partial charge on any atom is 0.408 e. The zero-order chi connectivity index (χ0) is 17.5. The summed E-state index contributed by atoms with van der Waals surface area (Å²) < 4.78 is 9.85. The summed E-state index contributed by atoms with van der Waals surface area (Å²) in [5.41, 5.74) is -0.628. The number of ether oxygens (including phenoxy) is 2. The van der Waals surface area contributed by atoms with Gasteiger partial charge in [0.25, 0.3) is 0 Å². The molecule has 2 amide bonds. The first-order chi connectivity index (χ1) is 10.7. The second-order valence-corrected chi connectivity index (χ2v) is 6.82. The van der Waals surface area contributed by atoms with Crippen molar-refractivity contribution in [3.05, 3.63) is 0 Å². The first-order valence-electron chi connectivity index (χ1n) is 8.07. The summed E-state index contributed by atoms with van der Waals surface area (Å²) in [4.78, 5) is 35.5. The predicted molar refractivity (Wildman–Crippen MR) is 84.8 cm³/mol. The second kappa shape index (κ2) is 8.74. The van der Waals surface area contributed by atoms with Gasteiger partial charge in [-0.05, 0) is 39.5 Å². The lowest BCUT2D eigenvalue weighted by Crippen LogP contribution is -2.50. The molecule has 132 valence electrons. The van der Waals surface area contributed by atoms with E-state index in [0.717, 1.165) is 32.1 Å². The molecule has 0 aromatic rings. The van der Waals surface area contributed by atoms with E-state index in [2.05, 4.69) is 10.6 Å². The number of rotatable bonds is 5. The van der Waals surface area contributed by atoms with E-state index in [1.165, 1.54) is 7.11 Å². The summed E-state index contributed by atoms with van der Waals surface area (Å²) in [7, 11) is 1.31. The average molecular weight is 328 g/mol. The molecule has 0 aromatic carbocycles. The van der Waals surface area contributed by atoms with Gasteiger partial charge in [0.15, 0.2) is 0 Å². The van der Waals surface area contributed by atoms with E-state index in [-0.39, 0.29) is 12.5 Å². The van der Waals surface area contributed by atoms with Crippen LogP contribution >= 0.6 is 0 Å². The van der Waals surface area contributed by atoms with E-state index >= 15 is 0 Å². The highest BCUT2D eigenvalue weighted by Crippen LogP contribution is 2.27. The van der Waals surface area contributed by atoms with Gasteiger partial charge >= 0.3 is 12.1 Å². The van der Waals surface area contributed by atoms with E-state index in [0.29, 0.717) is 0 Å². The van der Waals surface area contributed by atoms with Gasteiger partial charge in [0.1, 0.15) is 18.2 Å². The third kappa shape index (κ3) is 7.34. The third-order valence-electron chi connectivity index (χ3n) is 3.69. The Kier molecular flexibility index (Phi) is 7.32. The predicted octanol–water partition coefficient (Wildman–Crippen LogP) is 1.75. The molecular formula is C16H28N2O5. The SMILES string of the molecule is COC(=O)C(NC(=O)CNC(=O)OC(C)(C)C)C1CCCCC1. The topological polar surface area (TPSA) is 93.7 Å². The minimum Gasteiger partial charge on any atom is -0.467 e. The molecule has 7 heteroatoms. The molecular weight excluding hydrogens is 300 g/mol. The number of amides is 2. The molecule has 1 rings (SSSR count). The van der Waals surface area contributed by atoms with Crippen LogP contribution in [0.3, 0.4) is 0 Å². The van der Waals surface area contributed by atoms with Crippen molar-refractivity contribution in [3.63, 3.8) is 0 Å². The molecule has 1 unspecified atom stereocenters. The molecule has 0 saturated heterocycles. The first kappa shape index (κ1) is 19.3. The Bertz CT molecular complexity index is 425. The van der Waals surface area contributed by atoms with Crippen molar-refractivity contribution in [1.29, 1.82) is 0 Å². The Labute approximate surface area is 137 Å². The van der Waals surface area contributed by atoms with Crippen LogP contribution in [0.25, 0.3) is 0 Å². The fourth-order valence-electron chi connectivity index (χ4n) is 2.65. The Morgan fingerprint density at radius 1 is 1.13 bits per heavy atom. The van der Waals surface area contributed by atoms with Crippen LogP contribution < -0.4 is 10.6 Å². The molecule has 1 atom stereocenters. The van der Waals surface area contributed by atoms with Gasteiger partial charge in [-0.1, -0.05) is 19.3 Å². The van der Waals surface area contributed by atoms with Crippen molar-refractivity contribution in [2.24, 2.45) is 5.92 Å². The number of alkyl carbamates (subject to hydrolysis) is 1. The maximum atomic E-state index is 12.0. The van der Waals surface area contributed by atoms with Crippen LogP contribution in [-0.4, -0.2) is 43.3 Å². The van der Waals surface area contributed by atoms with Gasteiger partial charge in [0.2, 0.25) is 5.91 Å². The van der Waals surface area contributed by atoms with Crippen LogP contribution in [0.4, 0.5) is 4.79 Å². The molecule has 2 N–H and O–H groups in total. The fourth-order valence-corrected chi connectivity index (χ4v) is 2.65. The van der Waals surface area contributed by atoms with Gasteiger partial charge in [-0.25, -0.2) is 9.59 Å². The van der Waals surface area contributed by atoms with Crippen molar-refractivity contribution >= 4 is 18.0 Å². The zero-order valence-corrected chi connectivity index (χ0v) is 14.4. The van der Waals surface area contributed by atoms with Crippen LogP contribution in [0, 0.1) is 5.92 Å². The maximum absolute atomic E-state index is 12.0. The van der Waals surface area contributed by atoms with Gasteiger partial charge in [0, 0.05) is 0 Å². The smallest absolute Gasteiger partial charge is 0.408 e. The average Bonchev–Trinajstić information content (AvgIpc) is 2.49. The highest BCUT2D eigenvalue weighted by atomic mass is 16.6. The lowest BCUT2D eigenvalue weighted by atomic mass is 9.84. The molecule has 0 heterocycles. The number of hydrogen-bond acceptors (Lipinski definition) is 5. The lowest BCUT2D eigenvalue weighted by Gasteiger charge is -2.29. The van der Waals surface area contributed by atoms with Crippen LogP contribution in [0.1, 0.15) is 52.9 Å². The monoisotopic (exact) mass is 328 g/mol. The zero-order valence-electron chi connectivity index (χ0n) is 14.4. The number of carbonyl (C=O) groups excluding carboxylic acids is 3. The summed E-state index contributed by atoms with van der Waals surface area (Å²) in [5.74, 6) is -0.791. The largest absolute Gasteiger partial charge is 0.467 e. The van der Waals surface area contributed by atoms with Crippen LogP contribution in [-0.2, 0) is 19.1 Å². The van der Waals surface area contributed by atoms with Crippen molar-refractivity contribution in [1.82, 2.24) is 10.6 Å². The molecule has 0 radical (unpaired) electrons. The second-order valence-electron chi connectivity index (χ2n) is 6.82. The van der Waals surface area contributed by atoms with Gasteiger partial charge in [-0.2, -0.15) is 0 Å². The van der Waals surface area contributed by atoms with Gasteiger partial charge < -0.3 is 20.1 Å². The van der Waals surface area contributed by atoms with Crippen LogP contribution in [0.15, 0.2) is 0 Å². The molecule has 0 spiro atoms. The quantitative estimate of drug-likeness (QED) is 0.750. The number of esters is 1. The van der Waals surface area contributed by atoms with Crippen LogP contribution in [0.5, 0.6) is 0 Å². The minimum atomic E-state index is -0.667. The number of methoxy groups -OCH3 is 1.